The smallest absolute Gasteiger partial charge is 0.307 e. The van der Waals surface area contributed by atoms with Crippen molar-refractivity contribution in [1.29, 1.82) is 0 Å². The summed E-state index contributed by atoms with van der Waals surface area (Å²) in [6.07, 6.45) is 18.0. The molecule has 154 valence electrons. The molecule has 0 radical (unpaired) electrons. The summed E-state index contributed by atoms with van der Waals surface area (Å²) in [7, 11) is 0. The average Bonchev–Trinajstić information content (AvgIpc) is 2.66. The summed E-state index contributed by atoms with van der Waals surface area (Å²) >= 11 is 6.13. The number of carbonyl (C=O) groups excluding carboxylic acids is 1. The van der Waals surface area contributed by atoms with E-state index in [1.54, 1.807) is 0 Å². The molecule has 2 nitrogen and oxygen atoms in total. The molecular weight excluding hydrogens is 356 g/mol. The zero-order chi connectivity index (χ0) is 19.6. The van der Waals surface area contributed by atoms with Gasteiger partial charge in [-0.05, 0) is 12.0 Å². The van der Waals surface area contributed by atoms with E-state index in [9.17, 15) is 4.79 Å². The first-order valence-corrected chi connectivity index (χ1v) is 11.5. The standard InChI is InChI=1S/C24H39ClO2/c1-2-3-4-5-6-7-8-9-10-11-12-13-17-20-24(26)27-23(25)21-22-18-15-14-16-19-22/h14-16,18-19,23H,2-13,17,20-21H2,1H3. The Labute approximate surface area is 172 Å². The van der Waals surface area contributed by atoms with E-state index in [0.717, 1.165) is 18.4 Å². The molecule has 0 N–H and O–H groups in total. The molecule has 0 aromatic heterocycles. The Morgan fingerprint density at radius 3 is 1.81 bits per heavy atom. The third-order valence-corrected chi connectivity index (χ3v) is 5.23. The molecule has 1 rings (SSSR count). The van der Waals surface area contributed by atoms with Gasteiger partial charge in [0.15, 0.2) is 5.56 Å². The highest BCUT2D eigenvalue weighted by molar-refractivity contribution is 6.20. The molecule has 1 aromatic carbocycles. The maximum absolute atomic E-state index is 11.8. The van der Waals surface area contributed by atoms with Gasteiger partial charge in [0.05, 0.1) is 0 Å². The molecule has 27 heavy (non-hydrogen) atoms. The zero-order valence-corrected chi connectivity index (χ0v) is 18.0. The second kappa shape index (κ2) is 17.1. The Hall–Kier alpha value is -1.02. The van der Waals surface area contributed by atoms with E-state index >= 15 is 0 Å². The number of rotatable bonds is 17. The van der Waals surface area contributed by atoms with Gasteiger partial charge in [0, 0.05) is 12.8 Å². The van der Waals surface area contributed by atoms with Crippen LogP contribution in [0.15, 0.2) is 30.3 Å². The predicted octanol–water partition coefficient (Wildman–Crippen LogP) is 7.82. The molecule has 1 aromatic rings. The van der Waals surface area contributed by atoms with Gasteiger partial charge in [-0.15, -0.1) is 0 Å². The Morgan fingerprint density at radius 2 is 1.30 bits per heavy atom. The Bertz CT molecular complexity index is 461. The fourth-order valence-corrected chi connectivity index (χ4v) is 3.61. The van der Waals surface area contributed by atoms with Crippen LogP contribution >= 0.6 is 11.6 Å². The van der Waals surface area contributed by atoms with Crippen molar-refractivity contribution in [2.24, 2.45) is 0 Å². The van der Waals surface area contributed by atoms with E-state index < -0.39 is 5.56 Å². The van der Waals surface area contributed by atoms with Crippen LogP contribution < -0.4 is 0 Å². The second-order valence-electron chi connectivity index (χ2n) is 7.58. The van der Waals surface area contributed by atoms with Crippen molar-refractivity contribution >= 4 is 17.6 Å². The van der Waals surface area contributed by atoms with Crippen LogP contribution in [0.2, 0.25) is 0 Å². The van der Waals surface area contributed by atoms with E-state index in [4.69, 9.17) is 16.3 Å². The van der Waals surface area contributed by atoms with Gasteiger partial charge < -0.3 is 4.74 Å². The van der Waals surface area contributed by atoms with Crippen LogP contribution in [0.4, 0.5) is 0 Å². The van der Waals surface area contributed by atoms with E-state index in [-0.39, 0.29) is 5.97 Å². The monoisotopic (exact) mass is 394 g/mol. The molecule has 0 saturated carbocycles. The molecule has 0 amide bonds. The number of carbonyl (C=O) groups is 1. The summed E-state index contributed by atoms with van der Waals surface area (Å²) < 4.78 is 5.29. The molecule has 0 heterocycles. The molecule has 0 saturated heterocycles. The van der Waals surface area contributed by atoms with Crippen molar-refractivity contribution in [2.75, 3.05) is 0 Å². The number of hydrogen-bond donors (Lipinski definition) is 0. The number of unbranched alkanes of at least 4 members (excludes halogenated alkanes) is 12. The van der Waals surface area contributed by atoms with Crippen LogP contribution in [0.3, 0.4) is 0 Å². The van der Waals surface area contributed by atoms with Crippen molar-refractivity contribution in [2.45, 2.75) is 109 Å². The highest BCUT2D eigenvalue weighted by atomic mass is 35.5. The molecule has 3 heteroatoms. The number of ether oxygens (including phenoxy) is 1. The number of esters is 1. The number of benzene rings is 1. The van der Waals surface area contributed by atoms with Gasteiger partial charge in [0.2, 0.25) is 0 Å². The fraction of sp³-hybridized carbons (Fsp3) is 0.708. The Morgan fingerprint density at radius 1 is 0.815 bits per heavy atom. The number of alkyl halides is 1. The summed E-state index contributed by atoms with van der Waals surface area (Å²) in [5.41, 5.74) is 0.521. The van der Waals surface area contributed by atoms with Crippen LogP contribution in [-0.4, -0.2) is 11.5 Å². The first-order chi connectivity index (χ1) is 13.2. The summed E-state index contributed by atoms with van der Waals surface area (Å²) in [4.78, 5) is 11.8. The minimum absolute atomic E-state index is 0.172. The summed E-state index contributed by atoms with van der Waals surface area (Å²) in [6.45, 7) is 2.27. The average molecular weight is 395 g/mol. The predicted molar refractivity (Wildman–Crippen MR) is 116 cm³/mol. The largest absolute Gasteiger partial charge is 0.446 e. The van der Waals surface area contributed by atoms with Crippen LogP contribution in [0.5, 0.6) is 0 Å². The summed E-state index contributed by atoms with van der Waals surface area (Å²) in [5.74, 6) is -0.172. The second-order valence-corrected chi connectivity index (χ2v) is 8.07. The fourth-order valence-electron chi connectivity index (χ4n) is 3.33. The van der Waals surface area contributed by atoms with Crippen molar-refractivity contribution in [1.82, 2.24) is 0 Å². The van der Waals surface area contributed by atoms with Crippen LogP contribution in [0.1, 0.15) is 102 Å². The first-order valence-electron chi connectivity index (χ1n) is 11.1. The van der Waals surface area contributed by atoms with E-state index in [1.807, 2.05) is 30.3 Å². The lowest BCUT2D eigenvalue weighted by Crippen LogP contribution is -2.14. The van der Waals surface area contributed by atoms with Gasteiger partial charge in [0.25, 0.3) is 0 Å². The quantitative estimate of drug-likeness (QED) is 0.153. The van der Waals surface area contributed by atoms with Gasteiger partial charge in [-0.2, -0.15) is 0 Å². The molecule has 0 spiro atoms. The topological polar surface area (TPSA) is 26.3 Å². The third-order valence-electron chi connectivity index (χ3n) is 4.98. The first kappa shape index (κ1) is 24.0. The van der Waals surface area contributed by atoms with Gasteiger partial charge in [-0.3, -0.25) is 4.79 Å². The van der Waals surface area contributed by atoms with Crippen molar-refractivity contribution in [3.8, 4) is 0 Å². The highest BCUT2D eigenvalue weighted by Gasteiger charge is 2.11. The molecule has 1 atom stereocenters. The Balaban J connectivity index is 1.86. The zero-order valence-electron chi connectivity index (χ0n) is 17.3. The molecule has 0 bridgehead atoms. The Kier molecular flexibility index (Phi) is 15.2. The number of hydrogen-bond acceptors (Lipinski definition) is 2. The maximum Gasteiger partial charge on any atom is 0.307 e. The van der Waals surface area contributed by atoms with E-state index in [1.165, 1.54) is 70.6 Å². The van der Waals surface area contributed by atoms with Crippen LogP contribution in [0.25, 0.3) is 0 Å². The van der Waals surface area contributed by atoms with E-state index in [2.05, 4.69) is 6.92 Å². The van der Waals surface area contributed by atoms with Crippen LogP contribution in [-0.2, 0) is 16.0 Å². The summed E-state index contributed by atoms with van der Waals surface area (Å²) in [6, 6.07) is 9.89. The molecular formula is C24H39ClO2. The van der Waals surface area contributed by atoms with Crippen molar-refractivity contribution in [3.05, 3.63) is 35.9 Å². The SMILES string of the molecule is CCCCCCCCCCCCCCCC(=O)OC(Cl)Cc1ccccc1. The maximum atomic E-state index is 11.8. The van der Waals surface area contributed by atoms with E-state index in [0.29, 0.717) is 12.8 Å². The lowest BCUT2D eigenvalue weighted by Gasteiger charge is -2.11. The van der Waals surface area contributed by atoms with Crippen LogP contribution in [0, 0.1) is 0 Å². The minimum atomic E-state index is -0.568. The minimum Gasteiger partial charge on any atom is -0.446 e. The number of halogens is 1. The lowest BCUT2D eigenvalue weighted by atomic mass is 10.0. The third kappa shape index (κ3) is 14.7. The highest BCUT2D eigenvalue weighted by Crippen LogP contribution is 2.14. The van der Waals surface area contributed by atoms with Gasteiger partial charge in [-0.25, -0.2) is 0 Å². The molecule has 0 aliphatic rings. The molecule has 0 fully saturated rings. The molecule has 1 unspecified atom stereocenters. The van der Waals surface area contributed by atoms with Gasteiger partial charge >= 0.3 is 5.97 Å². The molecule has 0 aliphatic carbocycles. The van der Waals surface area contributed by atoms with Crippen molar-refractivity contribution in [3.63, 3.8) is 0 Å². The normalized spacial score (nSPS) is 12.1. The van der Waals surface area contributed by atoms with Crippen molar-refractivity contribution < 1.29 is 9.53 Å². The van der Waals surface area contributed by atoms with Gasteiger partial charge in [0.1, 0.15) is 0 Å². The van der Waals surface area contributed by atoms with Gasteiger partial charge in [-0.1, -0.05) is 126 Å². The summed E-state index contributed by atoms with van der Waals surface area (Å²) in [5, 5.41) is 0. The lowest BCUT2D eigenvalue weighted by molar-refractivity contribution is -0.145. The molecule has 0 aliphatic heterocycles.